The Morgan fingerprint density at radius 3 is 2.88 bits per heavy atom. The Bertz CT molecular complexity index is 885. The second-order valence-corrected chi connectivity index (χ2v) is 6.54. The first-order chi connectivity index (χ1) is 12.0. The lowest BCUT2D eigenvalue weighted by atomic mass is 10.1. The molecule has 3 aliphatic heterocycles. The van der Waals surface area contributed by atoms with Crippen LogP contribution in [0.3, 0.4) is 0 Å². The number of likely N-dealkylation sites (N-methyl/N-ethyl adjacent to an activating group) is 1. The molecule has 128 valence electrons. The van der Waals surface area contributed by atoms with Crippen LogP contribution in [0.1, 0.15) is 18.1 Å². The van der Waals surface area contributed by atoms with Crippen LogP contribution in [-0.4, -0.2) is 63.5 Å². The number of amides is 3. The van der Waals surface area contributed by atoms with E-state index in [4.69, 9.17) is 0 Å². The highest BCUT2D eigenvalue weighted by molar-refractivity contribution is 6.23. The first-order valence-corrected chi connectivity index (χ1v) is 8.11. The molecular formula is C17H19N6O2+. The van der Waals surface area contributed by atoms with E-state index in [0.29, 0.717) is 18.3 Å². The second kappa shape index (κ2) is 5.51. The van der Waals surface area contributed by atoms with Gasteiger partial charge >= 0.3 is 12.0 Å². The normalized spacial score (nSPS) is 22.4. The Morgan fingerprint density at radius 1 is 1.32 bits per heavy atom. The van der Waals surface area contributed by atoms with Crippen molar-refractivity contribution in [2.24, 2.45) is 10.1 Å². The summed E-state index contributed by atoms with van der Waals surface area (Å²) in [6.07, 6.45) is 0. The molecule has 0 aliphatic carbocycles. The van der Waals surface area contributed by atoms with Crippen molar-refractivity contribution < 1.29 is 14.2 Å². The molecule has 25 heavy (non-hydrogen) atoms. The topological polar surface area (TPSA) is 80.4 Å². The number of aliphatic imine (C=N–C) groups is 1. The van der Waals surface area contributed by atoms with Crippen LogP contribution < -0.4 is 5.43 Å². The fourth-order valence-electron chi connectivity index (χ4n) is 3.34. The molecule has 3 heterocycles. The van der Waals surface area contributed by atoms with Crippen molar-refractivity contribution in [2.75, 3.05) is 13.6 Å². The number of hydrogen-bond donors (Lipinski definition) is 1. The standard InChI is InChI=1S/C17H18N6O2/c1-10-5-4-6-12(7-10)9-23-15(24)13-14(21(3)17(23)25)18-16-20-19-11(2)8-22(13)16/h4-7,13H,8-9H2,1-3H3/p+1. The van der Waals surface area contributed by atoms with E-state index in [2.05, 4.69) is 15.5 Å². The third kappa shape index (κ3) is 2.41. The number of benzene rings is 1. The van der Waals surface area contributed by atoms with Crippen LogP contribution in [-0.2, 0) is 11.3 Å². The average molecular weight is 339 g/mol. The van der Waals surface area contributed by atoms with Crippen LogP contribution in [0, 0.1) is 6.92 Å². The number of hydrogen-bond acceptors (Lipinski definition) is 5. The smallest absolute Gasteiger partial charge is 0.270 e. The van der Waals surface area contributed by atoms with Gasteiger partial charge in [0, 0.05) is 7.05 Å². The number of hydrazone groups is 1. The molecule has 1 aromatic carbocycles. The Kier molecular flexibility index (Phi) is 3.41. The molecule has 1 aromatic rings. The van der Waals surface area contributed by atoms with Gasteiger partial charge in [-0.2, -0.15) is 5.43 Å². The van der Waals surface area contributed by atoms with Crippen LogP contribution in [0.4, 0.5) is 4.79 Å². The zero-order chi connectivity index (χ0) is 17.7. The Hall–Kier alpha value is -3.03. The van der Waals surface area contributed by atoms with Gasteiger partial charge in [0.2, 0.25) is 11.9 Å². The average Bonchev–Trinajstić information content (AvgIpc) is 2.96. The Labute approximate surface area is 145 Å². The zero-order valence-corrected chi connectivity index (χ0v) is 14.4. The molecule has 1 saturated heterocycles. The van der Waals surface area contributed by atoms with Crippen molar-refractivity contribution in [3.63, 3.8) is 0 Å². The molecule has 3 aliphatic rings. The van der Waals surface area contributed by atoms with E-state index in [1.165, 1.54) is 9.80 Å². The van der Waals surface area contributed by atoms with Gasteiger partial charge in [0.25, 0.3) is 5.91 Å². The number of carbonyl (C=O) groups excluding carboxylic acids is 2. The van der Waals surface area contributed by atoms with Gasteiger partial charge in [-0.15, -0.1) is 5.10 Å². The van der Waals surface area contributed by atoms with Gasteiger partial charge in [-0.1, -0.05) is 34.8 Å². The van der Waals surface area contributed by atoms with Crippen LogP contribution in [0.15, 0.2) is 34.4 Å². The molecule has 1 atom stereocenters. The molecule has 0 radical (unpaired) electrons. The van der Waals surface area contributed by atoms with Gasteiger partial charge < -0.3 is 0 Å². The molecule has 1 N–H and O–H groups in total. The summed E-state index contributed by atoms with van der Waals surface area (Å²) >= 11 is 0. The van der Waals surface area contributed by atoms with Crippen LogP contribution in [0.2, 0.25) is 0 Å². The molecule has 0 aromatic heterocycles. The third-order valence-electron chi connectivity index (χ3n) is 4.58. The Balaban J connectivity index is 1.67. The van der Waals surface area contributed by atoms with Crippen molar-refractivity contribution in [2.45, 2.75) is 26.4 Å². The van der Waals surface area contributed by atoms with Crippen molar-refractivity contribution in [1.29, 1.82) is 0 Å². The lowest BCUT2D eigenvalue weighted by Gasteiger charge is -2.34. The Morgan fingerprint density at radius 2 is 2.12 bits per heavy atom. The maximum atomic E-state index is 13.1. The highest BCUT2D eigenvalue weighted by Crippen LogP contribution is 2.22. The molecule has 1 fully saturated rings. The first-order valence-electron chi connectivity index (χ1n) is 8.11. The molecule has 4 rings (SSSR count). The largest absolute Gasteiger partial charge is 0.414 e. The number of fused-ring (bicyclic) bond motifs is 2. The van der Waals surface area contributed by atoms with Crippen molar-refractivity contribution >= 4 is 29.4 Å². The van der Waals surface area contributed by atoms with E-state index in [1.807, 2.05) is 42.7 Å². The molecule has 3 amide bonds. The fourth-order valence-corrected chi connectivity index (χ4v) is 3.34. The number of rotatable bonds is 2. The fraction of sp³-hybridized carbons (Fsp3) is 0.353. The van der Waals surface area contributed by atoms with Gasteiger partial charge in [0.05, 0.1) is 12.3 Å². The molecule has 8 heteroatoms. The summed E-state index contributed by atoms with van der Waals surface area (Å²) in [5.41, 5.74) is 5.72. The van der Waals surface area contributed by atoms with Gasteiger partial charge in [0.1, 0.15) is 6.54 Å². The number of amidine groups is 1. The number of carbonyl (C=O) groups is 2. The minimum atomic E-state index is -0.597. The number of nitrogens with zero attached hydrogens (tertiary/aromatic N) is 5. The molecule has 8 nitrogen and oxygen atoms in total. The molecule has 0 bridgehead atoms. The van der Waals surface area contributed by atoms with E-state index in [9.17, 15) is 9.59 Å². The number of imide groups is 1. The zero-order valence-electron chi connectivity index (χ0n) is 14.4. The number of guanidine groups is 1. The molecule has 0 spiro atoms. The van der Waals surface area contributed by atoms with E-state index >= 15 is 0 Å². The van der Waals surface area contributed by atoms with E-state index in [0.717, 1.165) is 16.8 Å². The minimum Gasteiger partial charge on any atom is -0.270 e. The predicted octanol–water partition coefficient (Wildman–Crippen LogP) is 0.517. The first kappa shape index (κ1) is 15.5. The second-order valence-electron chi connectivity index (χ2n) is 6.54. The minimum absolute atomic E-state index is 0.247. The summed E-state index contributed by atoms with van der Waals surface area (Å²) in [5, 5.41) is 4.15. The highest BCUT2D eigenvalue weighted by atomic mass is 16.2. The summed E-state index contributed by atoms with van der Waals surface area (Å²) in [6.45, 7) is 4.62. The summed E-state index contributed by atoms with van der Waals surface area (Å²) in [4.78, 5) is 32.9. The molecular weight excluding hydrogens is 320 g/mol. The van der Waals surface area contributed by atoms with Crippen LogP contribution in [0.25, 0.3) is 0 Å². The van der Waals surface area contributed by atoms with Gasteiger partial charge in [-0.3, -0.25) is 14.6 Å². The lowest BCUT2D eigenvalue weighted by Crippen LogP contribution is -2.63. The van der Waals surface area contributed by atoms with Gasteiger partial charge in [-0.25, -0.2) is 9.37 Å². The molecule has 0 saturated carbocycles. The van der Waals surface area contributed by atoms with E-state index in [1.54, 1.807) is 7.05 Å². The summed E-state index contributed by atoms with van der Waals surface area (Å²) < 4.78 is 1.85. The quantitative estimate of drug-likeness (QED) is 0.798. The van der Waals surface area contributed by atoms with Crippen molar-refractivity contribution in [3.05, 3.63) is 35.4 Å². The summed E-state index contributed by atoms with van der Waals surface area (Å²) in [6, 6.07) is 6.86. The summed E-state index contributed by atoms with van der Waals surface area (Å²) in [7, 11) is 1.65. The predicted molar refractivity (Wildman–Crippen MR) is 92.5 cm³/mol. The number of urea groups is 1. The third-order valence-corrected chi connectivity index (χ3v) is 4.58. The monoisotopic (exact) mass is 339 g/mol. The SMILES string of the molecule is CC1=NNC2=[N+](C1)C1C(=O)N(Cc3cccc(C)c3)C(=O)N(C)C1=N2. The van der Waals surface area contributed by atoms with Gasteiger partial charge in [0.15, 0.2) is 0 Å². The number of nitrogens with one attached hydrogen (secondary N) is 1. The van der Waals surface area contributed by atoms with E-state index in [-0.39, 0.29) is 18.5 Å². The van der Waals surface area contributed by atoms with Crippen LogP contribution >= 0.6 is 0 Å². The number of aryl methyl sites for hydroxylation is 1. The van der Waals surface area contributed by atoms with Crippen molar-refractivity contribution in [3.8, 4) is 0 Å². The van der Waals surface area contributed by atoms with Crippen molar-refractivity contribution in [1.82, 2.24) is 15.2 Å². The molecule has 1 unspecified atom stereocenters. The highest BCUT2D eigenvalue weighted by Gasteiger charge is 2.53. The van der Waals surface area contributed by atoms with Gasteiger partial charge in [-0.05, 0) is 19.4 Å². The summed E-state index contributed by atoms with van der Waals surface area (Å²) in [5.74, 6) is 0.703. The maximum Gasteiger partial charge on any atom is 0.414 e. The maximum absolute atomic E-state index is 13.1. The van der Waals surface area contributed by atoms with E-state index < -0.39 is 6.04 Å². The lowest BCUT2D eigenvalue weighted by molar-refractivity contribution is -0.524. The van der Waals surface area contributed by atoms with Crippen LogP contribution in [0.5, 0.6) is 0 Å².